The molecule has 0 saturated heterocycles. The van der Waals surface area contributed by atoms with Gasteiger partial charge in [-0.05, 0) is 36.8 Å². The van der Waals surface area contributed by atoms with Crippen LogP contribution in [0, 0.1) is 0 Å². The molecule has 0 unspecified atom stereocenters. The molecular formula is C22H20N2O5. The second-order valence-corrected chi connectivity index (χ2v) is 6.55. The molecule has 29 heavy (non-hydrogen) atoms. The van der Waals surface area contributed by atoms with E-state index in [9.17, 15) is 9.59 Å². The molecule has 1 aliphatic heterocycles. The number of carbonyl (C=O) groups excluding carboxylic acids is 1. The lowest BCUT2D eigenvalue weighted by molar-refractivity contribution is -0.139. The summed E-state index contributed by atoms with van der Waals surface area (Å²) in [6.45, 7) is 1.88. The van der Waals surface area contributed by atoms with Gasteiger partial charge in [0.1, 0.15) is 17.1 Å². The first-order chi connectivity index (χ1) is 14.0. The largest absolute Gasteiger partial charge is 0.497 e. The highest BCUT2D eigenvalue weighted by atomic mass is 16.5. The zero-order valence-electron chi connectivity index (χ0n) is 16.0. The smallest absolute Gasteiger partial charge is 0.340 e. The Balaban J connectivity index is 2.01. The summed E-state index contributed by atoms with van der Waals surface area (Å²) in [7, 11) is 1.57. The number of H-pyrrole nitrogens is 1. The molecular weight excluding hydrogens is 372 g/mol. The van der Waals surface area contributed by atoms with Crippen molar-refractivity contribution in [1.82, 2.24) is 4.98 Å². The third kappa shape index (κ3) is 3.10. The second-order valence-electron chi connectivity index (χ2n) is 6.55. The van der Waals surface area contributed by atoms with Gasteiger partial charge < -0.3 is 24.9 Å². The van der Waals surface area contributed by atoms with E-state index in [0.717, 1.165) is 0 Å². The average Bonchev–Trinajstić information content (AvgIpc) is 2.73. The van der Waals surface area contributed by atoms with Crippen molar-refractivity contribution in [2.45, 2.75) is 12.8 Å². The number of esters is 1. The minimum absolute atomic E-state index is 0.0764. The molecule has 1 atom stereocenters. The molecule has 148 valence electrons. The van der Waals surface area contributed by atoms with Crippen LogP contribution in [0.2, 0.25) is 0 Å². The topological polar surface area (TPSA) is 104 Å². The van der Waals surface area contributed by atoms with Crippen molar-refractivity contribution in [2.24, 2.45) is 5.73 Å². The molecule has 0 fully saturated rings. The van der Waals surface area contributed by atoms with E-state index in [2.05, 4.69) is 4.98 Å². The summed E-state index contributed by atoms with van der Waals surface area (Å²) in [5.41, 5.74) is 7.55. The minimum atomic E-state index is -0.739. The van der Waals surface area contributed by atoms with Gasteiger partial charge in [0.05, 0.1) is 30.7 Å². The molecule has 1 aromatic heterocycles. The number of carbonyl (C=O) groups is 1. The number of benzene rings is 2. The van der Waals surface area contributed by atoms with Gasteiger partial charge >= 0.3 is 5.97 Å². The van der Waals surface area contributed by atoms with Crippen LogP contribution in [0.3, 0.4) is 0 Å². The summed E-state index contributed by atoms with van der Waals surface area (Å²) in [6.07, 6.45) is 0. The lowest BCUT2D eigenvalue weighted by Gasteiger charge is -2.28. The Labute approximate surface area is 166 Å². The maximum Gasteiger partial charge on any atom is 0.340 e. The van der Waals surface area contributed by atoms with Gasteiger partial charge in [-0.25, -0.2) is 4.79 Å². The molecule has 1 aliphatic rings. The summed E-state index contributed by atoms with van der Waals surface area (Å²) in [4.78, 5) is 28.6. The number of rotatable bonds is 4. The molecule has 0 radical (unpaired) electrons. The molecule has 0 spiro atoms. The average molecular weight is 392 g/mol. The van der Waals surface area contributed by atoms with Crippen molar-refractivity contribution in [1.29, 1.82) is 0 Å². The predicted octanol–water partition coefficient (Wildman–Crippen LogP) is 2.79. The fourth-order valence-corrected chi connectivity index (χ4v) is 3.61. The number of hydrogen-bond donors (Lipinski definition) is 2. The molecule has 0 bridgehead atoms. The van der Waals surface area contributed by atoms with Gasteiger partial charge in [-0.3, -0.25) is 4.79 Å². The van der Waals surface area contributed by atoms with Crippen LogP contribution in [-0.4, -0.2) is 24.7 Å². The molecule has 7 nitrogen and oxygen atoms in total. The highest BCUT2D eigenvalue weighted by Crippen LogP contribution is 2.43. The molecule has 0 saturated carbocycles. The van der Waals surface area contributed by atoms with Crippen molar-refractivity contribution in [3.8, 4) is 11.5 Å². The van der Waals surface area contributed by atoms with Crippen LogP contribution >= 0.6 is 0 Å². The standard InChI is InChI=1S/C22H20N2O5/c1-3-28-22(26)18-16(12-8-10-13(27-2)11-9-12)17-19(29-20(18)23)14-6-4-5-7-15(14)24-21(17)25/h4-11,16H,3,23H2,1-2H3,(H,24,25)/t16-/m0/s1. The van der Waals surface area contributed by atoms with E-state index in [4.69, 9.17) is 19.9 Å². The SMILES string of the molecule is CCOC(=O)C1=C(N)Oc2c(c(=O)[nH]c3ccccc23)[C@@H]1c1ccc(OC)cc1. The molecule has 7 heteroatoms. The summed E-state index contributed by atoms with van der Waals surface area (Å²) < 4.78 is 16.2. The number of para-hydroxylation sites is 1. The van der Waals surface area contributed by atoms with Crippen LogP contribution in [0.1, 0.15) is 24.0 Å². The van der Waals surface area contributed by atoms with Gasteiger partial charge in [-0.15, -0.1) is 0 Å². The Kier molecular flexibility index (Phi) is 4.72. The van der Waals surface area contributed by atoms with Gasteiger partial charge in [0, 0.05) is 5.39 Å². The number of hydrogen-bond acceptors (Lipinski definition) is 6. The molecule has 0 aliphatic carbocycles. The molecule has 3 N–H and O–H groups in total. The molecule has 4 rings (SSSR count). The second kappa shape index (κ2) is 7.35. The number of methoxy groups -OCH3 is 1. The first-order valence-corrected chi connectivity index (χ1v) is 9.18. The van der Waals surface area contributed by atoms with Gasteiger partial charge in [-0.2, -0.15) is 0 Å². The van der Waals surface area contributed by atoms with E-state index in [1.807, 2.05) is 18.2 Å². The van der Waals surface area contributed by atoms with Crippen molar-refractivity contribution in [3.63, 3.8) is 0 Å². The number of nitrogens with one attached hydrogen (secondary N) is 1. The first-order valence-electron chi connectivity index (χ1n) is 9.18. The molecule has 2 heterocycles. The number of fused-ring (bicyclic) bond motifs is 3. The number of nitrogens with two attached hydrogens (primary N) is 1. The van der Waals surface area contributed by atoms with Crippen LogP contribution in [0.5, 0.6) is 11.5 Å². The van der Waals surface area contributed by atoms with Crippen LogP contribution < -0.4 is 20.8 Å². The Morgan fingerprint density at radius 2 is 1.90 bits per heavy atom. The van der Waals surface area contributed by atoms with Crippen LogP contribution in [0.15, 0.2) is 64.8 Å². The third-order valence-corrected chi connectivity index (χ3v) is 4.91. The van der Waals surface area contributed by atoms with E-state index in [1.54, 1.807) is 44.4 Å². The number of aromatic amines is 1. The van der Waals surface area contributed by atoms with E-state index < -0.39 is 11.9 Å². The number of pyridine rings is 1. The van der Waals surface area contributed by atoms with Gasteiger partial charge in [-0.1, -0.05) is 24.3 Å². The molecule has 0 amide bonds. The molecule has 3 aromatic rings. The Morgan fingerprint density at radius 3 is 2.59 bits per heavy atom. The van der Waals surface area contributed by atoms with Crippen LogP contribution in [-0.2, 0) is 9.53 Å². The van der Waals surface area contributed by atoms with Crippen molar-refractivity contribution in [3.05, 3.63) is 81.5 Å². The lowest BCUT2D eigenvalue weighted by Crippen LogP contribution is -2.32. The maximum atomic E-state index is 13.0. The number of ether oxygens (including phenoxy) is 3. The molecule has 2 aromatic carbocycles. The third-order valence-electron chi connectivity index (χ3n) is 4.91. The zero-order valence-corrected chi connectivity index (χ0v) is 16.0. The monoisotopic (exact) mass is 392 g/mol. The van der Waals surface area contributed by atoms with E-state index in [-0.39, 0.29) is 23.6 Å². The summed E-state index contributed by atoms with van der Waals surface area (Å²) in [5.74, 6) is -0.438. The van der Waals surface area contributed by atoms with Gasteiger partial charge in [0.25, 0.3) is 5.56 Å². The summed E-state index contributed by atoms with van der Waals surface area (Å²) in [6, 6.07) is 14.4. The van der Waals surface area contributed by atoms with Crippen molar-refractivity contribution < 1.29 is 19.0 Å². The zero-order chi connectivity index (χ0) is 20.5. The van der Waals surface area contributed by atoms with Crippen molar-refractivity contribution in [2.75, 3.05) is 13.7 Å². The lowest BCUT2D eigenvalue weighted by atomic mass is 9.83. The highest BCUT2D eigenvalue weighted by Gasteiger charge is 2.38. The van der Waals surface area contributed by atoms with Crippen LogP contribution in [0.25, 0.3) is 10.9 Å². The van der Waals surface area contributed by atoms with E-state index in [0.29, 0.717) is 33.5 Å². The van der Waals surface area contributed by atoms with Crippen molar-refractivity contribution >= 4 is 16.9 Å². The first kappa shape index (κ1) is 18.6. The van der Waals surface area contributed by atoms with E-state index >= 15 is 0 Å². The van der Waals surface area contributed by atoms with E-state index in [1.165, 1.54) is 0 Å². The summed E-state index contributed by atoms with van der Waals surface area (Å²) in [5, 5.41) is 0.700. The predicted molar refractivity (Wildman–Crippen MR) is 108 cm³/mol. The van der Waals surface area contributed by atoms with Gasteiger partial charge in [0.15, 0.2) is 0 Å². The van der Waals surface area contributed by atoms with Gasteiger partial charge in [0.2, 0.25) is 5.88 Å². The Bertz CT molecular complexity index is 1180. The quantitative estimate of drug-likeness (QED) is 0.662. The summed E-state index contributed by atoms with van der Waals surface area (Å²) >= 11 is 0. The van der Waals surface area contributed by atoms with Crippen LogP contribution in [0.4, 0.5) is 0 Å². The number of aromatic nitrogens is 1. The Morgan fingerprint density at radius 1 is 1.17 bits per heavy atom. The normalized spacial score (nSPS) is 15.6. The fourth-order valence-electron chi connectivity index (χ4n) is 3.61. The fraction of sp³-hybridized carbons (Fsp3) is 0.182. The highest BCUT2D eigenvalue weighted by molar-refractivity contribution is 5.95. The minimum Gasteiger partial charge on any atom is -0.497 e. The Hall–Kier alpha value is -3.74. The maximum absolute atomic E-state index is 13.0.